The van der Waals surface area contributed by atoms with Gasteiger partial charge in [0.15, 0.2) is 0 Å². The van der Waals surface area contributed by atoms with Gasteiger partial charge in [0.25, 0.3) is 0 Å². The highest BCUT2D eigenvalue weighted by Crippen LogP contribution is 2.35. The van der Waals surface area contributed by atoms with Crippen LogP contribution in [0.15, 0.2) is 30.3 Å². The van der Waals surface area contributed by atoms with Crippen LogP contribution in [-0.2, 0) is 0 Å². The zero-order valence-electron chi connectivity index (χ0n) is 14.0. The third kappa shape index (κ3) is 5.47. The first-order chi connectivity index (χ1) is 10.3. The molecule has 1 nitrogen and oxygen atoms in total. The Labute approximate surface area is 131 Å². The summed E-state index contributed by atoms with van der Waals surface area (Å²) in [6, 6.07) is 11.6. The van der Waals surface area contributed by atoms with Crippen molar-refractivity contribution in [1.29, 1.82) is 0 Å². The minimum Gasteiger partial charge on any atom is -0.310 e. The van der Waals surface area contributed by atoms with E-state index in [1.165, 1.54) is 56.9 Å². The van der Waals surface area contributed by atoms with Gasteiger partial charge in [-0.2, -0.15) is 0 Å². The smallest absolute Gasteiger partial charge is 0.0320 e. The SMILES string of the molecule is CCCNC(CCC1CCCC(CC)C1)c1ccccc1. The second kappa shape index (κ2) is 9.25. The third-order valence-electron chi connectivity index (χ3n) is 5.18. The van der Waals surface area contributed by atoms with E-state index in [1.54, 1.807) is 0 Å². The van der Waals surface area contributed by atoms with Crippen molar-refractivity contribution < 1.29 is 0 Å². The molecule has 2 rings (SSSR count). The van der Waals surface area contributed by atoms with Crippen molar-refractivity contribution in [2.45, 2.75) is 71.3 Å². The molecule has 0 amide bonds. The van der Waals surface area contributed by atoms with Crippen LogP contribution in [0.25, 0.3) is 0 Å². The molecule has 1 aliphatic rings. The number of benzene rings is 1. The maximum atomic E-state index is 3.75. The van der Waals surface area contributed by atoms with E-state index in [0.29, 0.717) is 6.04 Å². The van der Waals surface area contributed by atoms with Gasteiger partial charge in [0, 0.05) is 6.04 Å². The lowest BCUT2D eigenvalue weighted by molar-refractivity contribution is 0.239. The second-order valence-corrected chi connectivity index (χ2v) is 6.80. The average Bonchev–Trinajstić information content (AvgIpc) is 2.56. The summed E-state index contributed by atoms with van der Waals surface area (Å²) in [7, 11) is 0. The molecule has 3 unspecified atom stereocenters. The lowest BCUT2D eigenvalue weighted by Crippen LogP contribution is -2.24. The van der Waals surface area contributed by atoms with Gasteiger partial charge in [-0.25, -0.2) is 0 Å². The molecule has 1 aromatic rings. The largest absolute Gasteiger partial charge is 0.310 e. The summed E-state index contributed by atoms with van der Waals surface area (Å²) in [6.07, 6.45) is 11.2. The van der Waals surface area contributed by atoms with Crippen LogP contribution in [-0.4, -0.2) is 6.54 Å². The molecule has 1 aliphatic carbocycles. The Morgan fingerprint density at radius 2 is 1.86 bits per heavy atom. The van der Waals surface area contributed by atoms with Crippen molar-refractivity contribution in [3.05, 3.63) is 35.9 Å². The topological polar surface area (TPSA) is 12.0 Å². The quantitative estimate of drug-likeness (QED) is 0.644. The van der Waals surface area contributed by atoms with Crippen LogP contribution in [0.3, 0.4) is 0 Å². The van der Waals surface area contributed by atoms with Crippen molar-refractivity contribution >= 4 is 0 Å². The Bertz CT molecular complexity index is 373. The molecule has 1 fully saturated rings. The fraction of sp³-hybridized carbons (Fsp3) is 0.700. The van der Waals surface area contributed by atoms with Gasteiger partial charge in [0.05, 0.1) is 0 Å². The number of hydrogen-bond acceptors (Lipinski definition) is 1. The second-order valence-electron chi connectivity index (χ2n) is 6.80. The molecule has 0 saturated heterocycles. The van der Waals surface area contributed by atoms with Crippen molar-refractivity contribution in [2.24, 2.45) is 11.8 Å². The lowest BCUT2D eigenvalue weighted by atomic mass is 9.77. The summed E-state index contributed by atoms with van der Waals surface area (Å²) < 4.78 is 0. The predicted octanol–water partition coefficient (Wildman–Crippen LogP) is 5.72. The molecule has 21 heavy (non-hydrogen) atoms. The molecule has 0 radical (unpaired) electrons. The summed E-state index contributed by atoms with van der Waals surface area (Å²) in [6.45, 7) is 5.74. The van der Waals surface area contributed by atoms with Gasteiger partial charge in [-0.15, -0.1) is 0 Å². The van der Waals surface area contributed by atoms with Crippen molar-refractivity contribution in [3.63, 3.8) is 0 Å². The van der Waals surface area contributed by atoms with Gasteiger partial charge in [-0.1, -0.05) is 69.9 Å². The summed E-state index contributed by atoms with van der Waals surface area (Å²) in [5.74, 6) is 1.97. The molecule has 0 heterocycles. The first-order valence-electron chi connectivity index (χ1n) is 9.11. The van der Waals surface area contributed by atoms with E-state index in [9.17, 15) is 0 Å². The summed E-state index contributed by atoms with van der Waals surface area (Å²) in [5.41, 5.74) is 1.47. The van der Waals surface area contributed by atoms with Crippen LogP contribution in [0.5, 0.6) is 0 Å². The highest BCUT2D eigenvalue weighted by atomic mass is 14.9. The monoisotopic (exact) mass is 287 g/mol. The summed E-state index contributed by atoms with van der Waals surface area (Å²) >= 11 is 0. The van der Waals surface area contributed by atoms with Crippen LogP contribution in [0.4, 0.5) is 0 Å². The van der Waals surface area contributed by atoms with Crippen LogP contribution < -0.4 is 5.32 Å². The Kier molecular flexibility index (Phi) is 7.29. The average molecular weight is 287 g/mol. The zero-order chi connectivity index (χ0) is 14.9. The minimum absolute atomic E-state index is 0.549. The highest BCUT2D eigenvalue weighted by Gasteiger charge is 2.22. The fourth-order valence-electron chi connectivity index (χ4n) is 3.83. The van der Waals surface area contributed by atoms with E-state index >= 15 is 0 Å². The Morgan fingerprint density at radius 3 is 2.57 bits per heavy atom. The molecule has 0 aliphatic heterocycles. The molecule has 1 N–H and O–H groups in total. The maximum Gasteiger partial charge on any atom is 0.0320 e. The van der Waals surface area contributed by atoms with E-state index in [-0.39, 0.29) is 0 Å². The highest BCUT2D eigenvalue weighted by molar-refractivity contribution is 5.18. The maximum absolute atomic E-state index is 3.75. The van der Waals surface area contributed by atoms with Crippen molar-refractivity contribution in [2.75, 3.05) is 6.54 Å². The predicted molar refractivity (Wildman–Crippen MR) is 92.4 cm³/mol. The molecule has 0 aromatic heterocycles. The van der Waals surface area contributed by atoms with Crippen molar-refractivity contribution in [1.82, 2.24) is 5.32 Å². The zero-order valence-corrected chi connectivity index (χ0v) is 14.0. The first-order valence-corrected chi connectivity index (χ1v) is 9.11. The van der Waals surface area contributed by atoms with E-state index in [1.807, 2.05) is 0 Å². The van der Waals surface area contributed by atoms with Gasteiger partial charge < -0.3 is 5.32 Å². The van der Waals surface area contributed by atoms with Crippen LogP contribution >= 0.6 is 0 Å². The standard InChI is InChI=1S/C20H33N/c1-3-15-21-20(19-11-6-5-7-12-19)14-13-18-10-8-9-17(4-2)16-18/h5-7,11-12,17-18,20-21H,3-4,8-10,13-16H2,1-2H3. The van der Waals surface area contributed by atoms with Gasteiger partial charge >= 0.3 is 0 Å². The Hall–Kier alpha value is -0.820. The van der Waals surface area contributed by atoms with Crippen LogP contribution in [0.2, 0.25) is 0 Å². The molecule has 118 valence electrons. The Balaban J connectivity index is 1.86. The number of hydrogen-bond donors (Lipinski definition) is 1. The first kappa shape index (κ1) is 16.5. The van der Waals surface area contributed by atoms with Crippen molar-refractivity contribution in [3.8, 4) is 0 Å². The molecule has 1 heteroatoms. The van der Waals surface area contributed by atoms with Gasteiger partial charge in [0.1, 0.15) is 0 Å². The van der Waals surface area contributed by atoms with E-state index in [2.05, 4.69) is 49.5 Å². The lowest BCUT2D eigenvalue weighted by Gasteiger charge is -2.30. The molecule has 1 aromatic carbocycles. The molecular formula is C20H33N. The number of nitrogens with one attached hydrogen (secondary N) is 1. The van der Waals surface area contributed by atoms with Gasteiger partial charge in [0.2, 0.25) is 0 Å². The molecule has 0 bridgehead atoms. The van der Waals surface area contributed by atoms with Crippen LogP contribution in [0, 0.1) is 11.8 Å². The summed E-state index contributed by atoms with van der Waals surface area (Å²) in [5, 5.41) is 3.75. The molecule has 0 spiro atoms. The summed E-state index contributed by atoms with van der Waals surface area (Å²) in [4.78, 5) is 0. The molecule has 1 saturated carbocycles. The normalized spacial score (nSPS) is 23.9. The third-order valence-corrected chi connectivity index (χ3v) is 5.18. The fourth-order valence-corrected chi connectivity index (χ4v) is 3.83. The van der Waals surface area contributed by atoms with Gasteiger partial charge in [-0.05, 0) is 49.6 Å². The van der Waals surface area contributed by atoms with E-state index in [4.69, 9.17) is 0 Å². The van der Waals surface area contributed by atoms with Crippen LogP contribution in [0.1, 0.15) is 76.8 Å². The molecular weight excluding hydrogens is 254 g/mol. The van der Waals surface area contributed by atoms with Gasteiger partial charge in [-0.3, -0.25) is 0 Å². The van der Waals surface area contributed by atoms with E-state index in [0.717, 1.165) is 18.4 Å². The molecule has 3 atom stereocenters. The number of rotatable bonds is 8. The minimum atomic E-state index is 0.549. The Morgan fingerprint density at radius 1 is 1.10 bits per heavy atom. The van der Waals surface area contributed by atoms with E-state index < -0.39 is 0 Å².